The van der Waals surface area contributed by atoms with Crippen molar-refractivity contribution in [1.82, 2.24) is 4.90 Å². The van der Waals surface area contributed by atoms with Gasteiger partial charge in [-0.25, -0.2) is 0 Å². The summed E-state index contributed by atoms with van der Waals surface area (Å²) in [6.07, 6.45) is 3.33. The van der Waals surface area contributed by atoms with Gasteiger partial charge in [0.05, 0.1) is 6.61 Å². The highest BCUT2D eigenvalue weighted by Gasteiger charge is 2.20. The van der Waals surface area contributed by atoms with Crippen LogP contribution in [0.3, 0.4) is 0 Å². The molecule has 0 saturated carbocycles. The Balaban J connectivity index is 2.27. The molecule has 80 valence electrons. The van der Waals surface area contributed by atoms with Crippen LogP contribution in [0.25, 0.3) is 0 Å². The molecule has 0 aliphatic carbocycles. The van der Waals surface area contributed by atoms with Crippen LogP contribution in [0.15, 0.2) is 0 Å². The summed E-state index contributed by atoms with van der Waals surface area (Å²) in [6.45, 7) is 3.21. The van der Waals surface area contributed by atoms with Gasteiger partial charge >= 0.3 is 5.97 Å². The first-order valence-corrected chi connectivity index (χ1v) is 5.17. The Morgan fingerprint density at radius 3 is 2.93 bits per heavy atom. The Labute approximate surface area is 84.2 Å². The van der Waals surface area contributed by atoms with E-state index in [2.05, 4.69) is 0 Å². The molecule has 4 heteroatoms. The van der Waals surface area contributed by atoms with Crippen molar-refractivity contribution in [2.24, 2.45) is 0 Å². The molecule has 4 nitrogen and oxygen atoms in total. The Bertz CT molecular complexity index is 215. The quantitative estimate of drug-likeness (QED) is 0.633. The molecule has 1 heterocycles. The molecule has 0 aromatic rings. The highest BCUT2D eigenvalue weighted by Crippen LogP contribution is 2.09. The molecule has 1 saturated heterocycles. The molecule has 0 bridgehead atoms. The summed E-state index contributed by atoms with van der Waals surface area (Å²) in [4.78, 5) is 24.1. The Morgan fingerprint density at radius 2 is 2.29 bits per heavy atom. The summed E-state index contributed by atoms with van der Waals surface area (Å²) < 4.78 is 4.91. The molecular formula is C10H17NO3. The molecule has 0 unspecified atom stereocenters. The molecule has 0 aromatic carbocycles. The van der Waals surface area contributed by atoms with Crippen LogP contribution in [-0.4, -0.2) is 36.5 Å². The van der Waals surface area contributed by atoms with Crippen molar-refractivity contribution >= 4 is 11.9 Å². The topological polar surface area (TPSA) is 46.6 Å². The van der Waals surface area contributed by atoms with Gasteiger partial charge in [0.1, 0.15) is 6.54 Å². The van der Waals surface area contributed by atoms with Crippen LogP contribution in [0.2, 0.25) is 0 Å². The van der Waals surface area contributed by atoms with Gasteiger partial charge in [0.15, 0.2) is 0 Å². The maximum absolute atomic E-state index is 11.3. The van der Waals surface area contributed by atoms with Crippen molar-refractivity contribution in [3.8, 4) is 0 Å². The summed E-state index contributed by atoms with van der Waals surface area (Å²) in [5.74, 6) is -0.216. The SMILES string of the molecule is CCCOC(=O)CN1CCCCC1=O. The lowest BCUT2D eigenvalue weighted by atomic mass is 10.1. The Hall–Kier alpha value is -1.06. The van der Waals surface area contributed by atoms with Gasteiger partial charge in [-0.3, -0.25) is 9.59 Å². The third-order valence-electron chi connectivity index (χ3n) is 2.21. The largest absolute Gasteiger partial charge is 0.464 e. The predicted octanol–water partition coefficient (Wildman–Crippen LogP) is 0.952. The number of piperidine rings is 1. The first-order chi connectivity index (χ1) is 6.74. The standard InChI is InChI=1S/C10H17NO3/c1-2-7-14-10(13)8-11-6-4-3-5-9(11)12/h2-8H2,1H3. The fourth-order valence-electron chi connectivity index (χ4n) is 1.45. The molecule has 0 spiro atoms. The second kappa shape index (κ2) is 5.62. The average molecular weight is 199 g/mol. The Morgan fingerprint density at radius 1 is 1.50 bits per heavy atom. The van der Waals surface area contributed by atoms with E-state index in [-0.39, 0.29) is 18.4 Å². The van der Waals surface area contributed by atoms with Crippen LogP contribution in [0, 0.1) is 0 Å². The minimum absolute atomic E-state index is 0.0738. The van der Waals surface area contributed by atoms with Gasteiger partial charge in [0.25, 0.3) is 0 Å². The minimum atomic E-state index is -0.290. The lowest BCUT2D eigenvalue weighted by Gasteiger charge is -2.25. The van der Waals surface area contributed by atoms with Gasteiger partial charge in [-0.1, -0.05) is 6.92 Å². The number of hydrogen-bond acceptors (Lipinski definition) is 3. The molecule has 1 fully saturated rings. The smallest absolute Gasteiger partial charge is 0.325 e. The fourth-order valence-corrected chi connectivity index (χ4v) is 1.45. The van der Waals surface area contributed by atoms with Crippen molar-refractivity contribution in [3.05, 3.63) is 0 Å². The predicted molar refractivity (Wildman–Crippen MR) is 51.7 cm³/mol. The fraction of sp³-hybridized carbons (Fsp3) is 0.800. The number of carbonyl (C=O) groups excluding carboxylic acids is 2. The highest BCUT2D eigenvalue weighted by molar-refractivity contribution is 5.82. The number of rotatable bonds is 4. The number of likely N-dealkylation sites (tertiary alicyclic amines) is 1. The van der Waals surface area contributed by atoms with Crippen molar-refractivity contribution < 1.29 is 14.3 Å². The van der Waals surface area contributed by atoms with Crippen molar-refractivity contribution in [3.63, 3.8) is 0 Å². The van der Waals surface area contributed by atoms with Crippen LogP contribution >= 0.6 is 0 Å². The molecule has 0 radical (unpaired) electrons. The number of nitrogens with zero attached hydrogens (tertiary/aromatic N) is 1. The van der Waals surface area contributed by atoms with Gasteiger partial charge in [-0.05, 0) is 19.3 Å². The van der Waals surface area contributed by atoms with Crippen LogP contribution in [0.5, 0.6) is 0 Å². The second-order valence-electron chi connectivity index (χ2n) is 3.49. The van der Waals surface area contributed by atoms with Gasteiger partial charge in [-0.2, -0.15) is 0 Å². The molecule has 1 rings (SSSR count). The lowest BCUT2D eigenvalue weighted by Crippen LogP contribution is -2.39. The van der Waals surface area contributed by atoms with E-state index < -0.39 is 0 Å². The maximum atomic E-state index is 11.3. The normalized spacial score (nSPS) is 16.9. The van der Waals surface area contributed by atoms with Gasteiger partial charge in [-0.15, -0.1) is 0 Å². The first-order valence-electron chi connectivity index (χ1n) is 5.17. The first kappa shape index (κ1) is 11.0. The molecular weight excluding hydrogens is 182 g/mol. The minimum Gasteiger partial charge on any atom is -0.464 e. The maximum Gasteiger partial charge on any atom is 0.325 e. The van der Waals surface area contributed by atoms with Crippen LogP contribution < -0.4 is 0 Å². The van der Waals surface area contributed by atoms with E-state index in [1.807, 2.05) is 6.92 Å². The summed E-state index contributed by atoms with van der Waals surface area (Å²) >= 11 is 0. The van der Waals surface area contributed by atoms with Gasteiger partial charge < -0.3 is 9.64 Å². The zero-order valence-electron chi connectivity index (χ0n) is 8.62. The van der Waals surface area contributed by atoms with Crippen LogP contribution in [0.1, 0.15) is 32.6 Å². The molecule has 1 amide bonds. The van der Waals surface area contributed by atoms with E-state index in [0.29, 0.717) is 19.6 Å². The summed E-state index contributed by atoms with van der Waals surface area (Å²) in [7, 11) is 0. The van der Waals surface area contributed by atoms with Crippen molar-refractivity contribution in [1.29, 1.82) is 0 Å². The van der Waals surface area contributed by atoms with E-state index in [9.17, 15) is 9.59 Å². The molecule has 0 atom stereocenters. The van der Waals surface area contributed by atoms with Crippen LogP contribution in [0.4, 0.5) is 0 Å². The third-order valence-corrected chi connectivity index (χ3v) is 2.21. The number of ether oxygens (including phenoxy) is 1. The second-order valence-corrected chi connectivity index (χ2v) is 3.49. The van der Waals surface area contributed by atoms with E-state index >= 15 is 0 Å². The van der Waals surface area contributed by atoms with Crippen molar-refractivity contribution in [2.45, 2.75) is 32.6 Å². The average Bonchev–Trinajstić information content (AvgIpc) is 2.18. The summed E-state index contributed by atoms with van der Waals surface area (Å²) in [5, 5.41) is 0. The molecule has 0 aromatic heterocycles. The van der Waals surface area contributed by atoms with E-state index in [0.717, 1.165) is 19.3 Å². The summed E-state index contributed by atoms with van der Waals surface area (Å²) in [5.41, 5.74) is 0. The lowest BCUT2D eigenvalue weighted by molar-refractivity contribution is -0.150. The Kier molecular flexibility index (Phi) is 4.43. The molecule has 14 heavy (non-hydrogen) atoms. The van der Waals surface area contributed by atoms with E-state index in [4.69, 9.17) is 4.74 Å². The monoisotopic (exact) mass is 199 g/mol. The molecule has 0 N–H and O–H groups in total. The van der Waals surface area contributed by atoms with Gasteiger partial charge in [0.2, 0.25) is 5.91 Å². The third kappa shape index (κ3) is 3.36. The molecule has 1 aliphatic rings. The number of esters is 1. The van der Waals surface area contributed by atoms with E-state index in [1.165, 1.54) is 0 Å². The zero-order valence-corrected chi connectivity index (χ0v) is 8.62. The molecule has 1 aliphatic heterocycles. The zero-order chi connectivity index (χ0) is 10.4. The number of hydrogen-bond donors (Lipinski definition) is 0. The van der Waals surface area contributed by atoms with E-state index in [1.54, 1.807) is 4.90 Å². The highest BCUT2D eigenvalue weighted by atomic mass is 16.5. The van der Waals surface area contributed by atoms with Gasteiger partial charge in [0, 0.05) is 13.0 Å². The van der Waals surface area contributed by atoms with Crippen molar-refractivity contribution in [2.75, 3.05) is 19.7 Å². The number of carbonyl (C=O) groups is 2. The summed E-state index contributed by atoms with van der Waals surface area (Å²) in [6, 6.07) is 0. The number of amides is 1. The van der Waals surface area contributed by atoms with Crippen LogP contribution in [-0.2, 0) is 14.3 Å².